The van der Waals surface area contributed by atoms with Crippen LogP contribution in [0.1, 0.15) is 19.8 Å². The average molecular weight is 208 g/mol. The van der Waals surface area contributed by atoms with Gasteiger partial charge in [-0.25, -0.2) is 9.79 Å². The number of ether oxygens (including phenoxy) is 1. The van der Waals surface area contributed by atoms with Crippen LogP contribution in [0.4, 0.5) is 0 Å². The topological polar surface area (TPSA) is 38.7 Å². The van der Waals surface area contributed by atoms with Crippen LogP contribution in [0, 0.1) is 0 Å². The molecule has 66 valence electrons. The lowest BCUT2D eigenvalue weighted by Crippen LogP contribution is -2.55. The van der Waals surface area contributed by atoms with Crippen LogP contribution in [0.15, 0.2) is 4.99 Å². The predicted molar refractivity (Wildman–Crippen MR) is 45.6 cm³/mol. The minimum atomic E-state index is -1.24. The fourth-order valence-electron chi connectivity index (χ4n) is 1.36. The lowest BCUT2D eigenvalue weighted by atomic mass is 9.90. The van der Waals surface area contributed by atoms with Gasteiger partial charge in [0.1, 0.15) is 5.17 Å². The zero-order valence-corrected chi connectivity index (χ0v) is 7.95. The molecule has 12 heavy (non-hydrogen) atoms. The molecule has 0 amide bonds. The van der Waals surface area contributed by atoms with Gasteiger partial charge in [-0.05, 0) is 13.3 Å². The van der Waals surface area contributed by atoms with E-state index < -0.39 is 16.6 Å². The molecule has 0 aromatic heterocycles. The lowest BCUT2D eigenvalue weighted by molar-refractivity contribution is -0.164. The van der Waals surface area contributed by atoms with Crippen molar-refractivity contribution in [3.8, 4) is 0 Å². The molecular weight excluding hydrogens is 201 g/mol. The molecule has 3 rings (SSSR count). The van der Waals surface area contributed by atoms with Gasteiger partial charge < -0.3 is 4.74 Å². The largest absolute Gasteiger partial charge is 0.449 e. The third-order valence-corrected chi connectivity index (χ3v) is 3.19. The molecular formula is C7H7Cl2NO2. The van der Waals surface area contributed by atoms with E-state index in [1.807, 2.05) is 0 Å². The summed E-state index contributed by atoms with van der Waals surface area (Å²) in [6.07, 6.45) is 1.14. The third-order valence-electron chi connectivity index (χ3n) is 2.28. The van der Waals surface area contributed by atoms with Gasteiger partial charge >= 0.3 is 5.97 Å². The summed E-state index contributed by atoms with van der Waals surface area (Å²) in [6.45, 7) is 1.74. The van der Waals surface area contributed by atoms with Gasteiger partial charge in [0.25, 0.3) is 0 Å². The number of nitrogens with zero attached hydrogens (tertiary/aromatic N) is 1. The highest BCUT2D eigenvalue weighted by molar-refractivity contribution is 6.68. The third kappa shape index (κ3) is 0.896. The maximum atomic E-state index is 11.2. The molecule has 3 nitrogen and oxygen atoms in total. The molecule has 0 radical (unpaired) electrons. The summed E-state index contributed by atoms with van der Waals surface area (Å²) in [4.78, 5) is 13.9. The summed E-state index contributed by atoms with van der Waals surface area (Å²) in [5.41, 5.74) is -0.727. The molecule has 0 N–H and O–H groups in total. The highest BCUT2D eigenvalue weighted by Gasteiger charge is 2.55. The summed E-state index contributed by atoms with van der Waals surface area (Å²) in [5, 5.41) is 0.295. The molecule has 0 spiro atoms. The van der Waals surface area contributed by atoms with E-state index in [1.165, 1.54) is 0 Å². The van der Waals surface area contributed by atoms with E-state index in [2.05, 4.69) is 4.99 Å². The van der Waals surface area contributed by atoms with Crippen molar-refractivity contribution >= 4 is 34.3 Å². The van der Waals surface area contributed by atoms with E-state index in [0.717, 1.165) is 0 Å². The van der Waals surface area contributed by atoms with Crippen molar-refractivity contribution < 1.29 is 9.53 Å². The Morgan fingerprint density at radius 3 is 2.67 bits per heavy atom. The molecule has 0 aliphatic carbocycles. The first kappa shape index (κ1) is 8.32. The zero-order valence-electron chi connectivity index (χ0n) is 6.43. The van der Waals surface area contributed by atoms with Crippen molar-refractivity contribution in [3.63, 3.8) is 0 Å². The summed E-state index contributed by atoms with van der Waals surface area (Å²) in [5.74, 6) is -0.484. The highest BCUT2D eigenvalue weighted by atomic mass is 35.5. The first-order valence-corrected chi connectivity index (χ1v) is 4.40. The first-order chi connectivity index (χ1) is 5.46. The lowest BCUT2D eigenvalue weighted by Gasteiger charge is -2.42. The smallest absolute Gasteiger partial charge is 0.350 e. The van der Waals surface area contributed by atoms with Crippen molar-refractivity contribution in [1.82, 2.24) is 0 Å². The van der Waals surface area contributed by atoms with Crippen molar-refractivity contribution in [2.45, 2.75) is 30.4 Å². The Bertz CT molecular complexity index is 291. The normalized spacial score (nSPS) is 45.6. The molecule has 0 aromatic carbocycles. The first-order valence-electron chi connectivity index (χ1n) is 3.64. The van der Waals surface area contributed by atoms with Crippen LogP contribution >= 0.6 is 23.2 Å². The van der Waals surface area contributed by atoms with Crippen LogP contribution in [-0.2, 0) is 9.53 Å². The van der Waals surface area contributed by atoms with Crippen molar-refractivity contribution in [2.75, 3.05) is 0 Å². The number of hydrogen-bond acceptors (Lipinski definition) is 3. The molecule has 3 aliphatic heterocycles. The van der Waals surface area contributed by atoms with Crippen LogP contribution in [-0.4, -0.2) is 21.7 Å². The van der Waals surface area contributed by atoms with Gasteiger partial charge in [0.05, 0.1) is 0 Å². The Morgan fingerprint density at radius 2 is 2.25 bits per heavy atom. The highest BCUT2D eigenvalue weighted by Crippen LogP contribution is 2.43. The Hall–Kier alpha value is -0.280. The van der Waals surface area contributed by atoms with Crippen molar-refractivity contribution in [3.05, 3.63) is 0 Å². The molecule has 2 atom stereocenters. The van der Waals surface area contributed by atoms with Crippen molar-refractivity contribution in [2.24, 2.45) is 4.99 Å². The molecule has 5 heteroatoms. The maximum Gasteiger partial charge on any atom is 0.350 e. The summed E-state index contributed by atoms with van der Waals surface area (Å²) < 4.78 is 5.05. The summed E-state index contributed by atoms with van der Waals surface area (Å²) in [7, 11) is 0. The minimum Gasteiger partial charge on any atom is -0.449 e. The molecule has 0 saturated carbocycles. The number of fused-ring (bicyclic) bond motifs is 2. The van der Waals surface area contributed by atoms with E-state index >= 15 is 0 Å². The minimum absolute atomic E-state index is 0.295. The number of rotatable bonds is 0. The van der Waals surface area contributed by atoms with Gasteiger partial charge in [0, 0.05) is 6.42 Å². The second kappa shape index (κ2) is 2.15. The van der Waals surface area contributed by atoms with E-state index in [9.17, 15) is 4.79 Å². The van der Waals surface area contributed by atoms with E-state index in [1.54, 1.807) is 6.92 Å². The number of aliphatic imine (C=N–C) groups is 1. The Kier molecular flexibility index (Phi) is 1.49. The molecule has 0 aromatic rings. The van der Waals surface area contributed by atoms with E-state index in [-0.39, 0.29) is 0 Å². The molecule has 2 bridgehead atoms. The fourth-order valence-corrected chi connectivity index (χ4v) is 1.90. The van der Waals surface area contributed by atoms with Crippen LogP contribution in [0.25, 0.3) is 0 Å². The molecule has 2 unspecified atom stereocenters. The summed E-state index contributed by atoms with van der Waals surface area (Å²) >= 11 is 11.7. The molecule has 3 heterocycles. The second-order valence-electron chi connectivity index (χ2n) is 3.28. The van der Waals surface area contributed by atoms with Gasteiger partial charge in [0.15, 0.2) is 5.60 Å². The number of esters is 1. The quantitative estimate of drug-likeness (QED) is 0.345. The van der Waals surface area contributed by atoms with Gasteiger partial charge in [-0.1, -0.05) is 23.2 Å². The maximum absolute atomic E-state index is 11.2. The second-order valence-corrected chi connectivity index (χ2v) is 4.27. The average Bonchev–Trinajstić information content (AvgIpc) is 1.96. The number of carbonyl (C=O) groups is 1. The standard InChI is InChI=1S/C7H7Cl2NO2/c1-6-2-3-7(9,5(11)12-6)10-4(6)8/h2-3H2,1H3. The fraction of sp³-hybridized carbons (Fsp3) is 0.714. The van der Waals surface area contributed by atoms with Crippen LogP contribution in [0.2, 0.25) is 0 Å². The Morgan fingerprint density at radius 1 is 1.58 bits per heavy atom. The van der Waals surface area contributed by atoms with Gasteiger partial charge in [-0.15, -0.1) is 0 Å². The number of hydrogen-bond donors (Lipinski definition) is 0. The zero-order chi connectivity index (χ0) is 8.98. The van der Waals surface area contributed by atoms with Gasteiger partial charge in [0.2, 0.25) is 5.00 Å². The molecule has 3 aliphatic rings. The molecule has 1 saturated heterocycles. The predicted octanol–water partition coefficient (Wildman–Crippen LogP) is 1.67. The van der Waals surface area contributed by atoms with E-state index in [4.69, 9.17) is 27.9 Å². The number of halogens is 2. The Balaban J connectivity index is 2.51. The Labute approximate surface area is 79.7 Å². The SMILES string of the molecule is CC12CCC(Cl)(N=C1Cl)C(=O)O2. The van der Waals surface area contributed by atoms with Gasteiger partial charge in [-0.3, -0.25) is 0 Å². The van der Waals surface area contributed by atoms with Crippen LogP contribution < -0.4 is 0 Å². The van der Waals surface area contributed by atoms with Crippen LogP contribution in [0.3, 0.4) is 0 Å². The summed E-state index contributed by atoms with van der Waals surface area (Å²) in [6, 6.07) is 0. The number of carbonyl (C=O) groups excluding carboxylic acids is 1. The van der Waals surface area contributed by atoms with E-state index in [0.29, 0.717) is 18.0 Å². The number of alkyl halides is 1. The molecule has 1 fully saturated rings. The van der Waals surface area contributed by atoms with Crippen LogP contribution in [0.5, 0.6) is 0 Å². The van der Waals surface area contributed by atoms with Crippen molar-refractivity contribution in [1.29, 1.82) is 0 Å². The monoisotopic (exact) mass is 207 g/mol. The van der Waals surface area contributed by atoms with Gasteiger partial charge in [-0.2, -0.15) is 0 Å².